The van der Waals surface area contributed by atoms with Crippen LogP contribution in [0, 0.1) is 11.7 Å². The predicted octanol–water partition coefficient (Wildman–Crippen LogP) is 2.69. The van der Waals surface area contributed by atoms with Crippen molar-refractivity contribution in [2.75, 3.05) is 18.4 Å². The first kappa shape index (κ1) is 18.1. The lowest BCUT2D eigenvalue weighted by Crippen LogP contribution is -2.40. The molecule has 6 heteroatoms. The Morgan fingerprint density at radius 3 is 2.46 bits per heavy atom. The highest BCUT2D eigenvalue weighted by molar-refractivity contribution is 6.04. The first-order valence-electron chi connectivity index (χ1n) is 8.76. The van der Waals surface area contributed by atoms with Gasteiger partial charge in [0.05, 0.1) is 5.92 Å². The average Bonchev–Trinajstić information content (AvgIpc) is 2.69. The molecule has 0 radical (unpaired) electrons. The SMILES string of the molecule is O=C(Nc1ccc(F)cc1)c1ccc(CNC(=O)C2CCCNC2)cc1. The fourth-order valence-corrected chi connectivity index (χ4v) is 2.92. The summed E-state index contributed by atoms with van der Waals surface area (Å²) >= 11 is 0. The Bertz CT molecular complexity index is 754. The molecule has 3 rings (SSSR count). The maximum atomic E-state index is 12.9. The van der Waals surface area contributed by atoms with Crippen molar-refractivity contribution in [2.24, 2.45) is 5.92 Å². The standard InChI is InChI=1S/C20H22FN3O2/c21-17-7-9-18(10-8-17)24-20(26)15-5-3-14(4-6-15)12-23-19(25)16-2-1-11-22-13-16/h3-10,16,22H,1-2,11-13H2,(H,23,25)(H,24,26). The molecule has 0 aliphatic carbocycles. The van der Waals surface area contributed by atoms with E-state index in [-0.39, 0.29) is 23.5 Å². The molecule has 1 heterocycles. The number of hydrogen-bond acceptors (Lipinski definition) is 3. The summed E-state index contributed by atoms with van der Waals surface area (Å²) < 4.78 is 12.9. The minimum absolute atomic E-state index is 0.0320. The van der Waals surface area contributed by atoms with Crippen molar-refractivity contribution in [3.05, 3.63) is 65.5 Å². The monoisotopic (exact) mass is 355 g/mol. The summed E-state index contributed by atoms with van der Waals surface area (Å²) in [6, 6.07) is 12.7. The summed E-state index contributed by atoms with van der Waals surface area (Å²) in [6.07, 6.45) is 1.94. The zero-order valence-electron chi connectivity index (χ0n) is 14.4. The summed E-state index contributed by atoms with van der Waals surface area (Å²) in [4.78, 5) is 24.3. The number of nitrogens with one attached hydrogen (secondary N) is 3. The third-order valence-corrected chi connectivity index (χ3v) is 4.45. The van der Waals surface area contributed by atoms with Crippen LogP contribution >= 0.6 is 0 Å². The van der Waals surface area contributed by atoms with Crippen LogP contribution in [0.15, 0.2) is 48.5 Å². The smallest absolute Gasteiger partial charge is 0.255 e. The highest BCUT2D eigenvalue weighted by Gasteiger charge is 2.20. The second kappa shape index (κ2) is 8.58. The van der Waals surface area contributed by atoms with Gasteiger partial charge >= 0.3 is 0 Å². The first-order valence-corrected chi connectivity index (χ1v) is 8.76. The van der Waals surface area contributed by atoms with Crippen LogP contribution in [0.1, 0.15) is 28.8 Å². The average molecular weight is 355 g/mol. The largest absolute Gasteiger partial charge is 0.352 e. The highest BCUT2D eigenvalue weighted by Crippen LogP contribution is 2.13. The Kier molecular flexibility index (Phi) is 5.96. The van der Waals surface area contributed by atoms with Crippen LogP contribution in [0.5, 0.6) is 0 Å². The van der Waals surface area contributed by atoms with E-state index in [9.17, 15) is 14.0 Å². The molecule has 2 aromatic carbocycles. The quantitative estimate of drug-likeness (QED) is 0.772. The lowest BCUT2D eigenvalue weighted by Gasteiger charge is -2.21. The third kappa shape index (κ3) is 4.89. The van der Waals surface area contributed by atoms with Crippen LogP contribution in [-0.4, -0.2) is 24.9 Å². The maximum Gasteiger partial charge on any atom is 0.255 e. The Labute approximate surface area is 152 Å². The van der Waals surface area contributed by atoms with Crippen LogP contribution in [0.2, 0.25) is 0 Å². The minimum atomic E-state index is -0.349. The number of amides is 2. The van der Waals surface area contributed by atoms with Gasteiger partial charge in [0, 0.05) is 24.3 Å². The Balaban J connectivity index is 1.51. The Morgan fingerprint density at radius 2 is 1.81 bits per heavy atom. The molecule has 136 valence electrons. The minimum Gasteiger partial charge on any atom is -0.352 e. The Morgan fingerprint density at radius 1 is 1.08 bits per heavy atom. The van der Waals surface area contributed by atoms with Gasteiger partial charge in [0.1, 0.15) is 5.82 Å². The number of rotatable bonds is 5. The van der Waals surface area contributed by atoms with Crippen molar-refractivity contribution in [1.82, 2.24) is 10.6 Å². The van der Waals surface area contributed by atoms with E-state index in [1.54, 1.807) is 12.1 Å². The van der Waals surface area contributed by atoms with Gasteiger partial charge in [-0.3, -0.25) is 9.59 Å². The van der Waals surface area contributed by atoms with Crippen LogP contribution in [0.3, 0.4) is 0 Å². The van der Waals surface area contributed by atoms with Crippen LogP contribution in [-0.2, 0) is 11.3 Å². The van der Waals surface area contributed by atoms with Gasteiger partial charge in [-0.25, -0.2) is 4.39 Å². The van der Waals surface area contributed by atoms with E-state index < -0.39 is 0 Å². The van der Waals surface area contributed by atoms with E-state index in [1.807, 2.05) is 12.1 Å². The first-order chi connectivity index (χ1) is 12.6. The number of hydrogen-bond donors (Lipinski definition) is 3. The molecule has 2 amide bonds. The van der Waals surface area contributed by atoms with E-state index >= 15 is 0 Å². The van der Waals surface area contributed by atoms with E-state index in [4.69, 9.17) is 0 Å². The van der Waals surface area contributed by atoms with E-state index in [1.165, 1.54) is 24.3 Å². The van der Waals surface area contributed by atoms with Crippen molar-refractivity contribution in [3.63, 3.8) is 0 Å². The molecule has 1 saturated heterocycles. The van der Waals surface area contributed by atoms with Gasteiger partial charge in [0.15, 0.2) is 0 Å². The van der Waals surface area contributed by atoms with E-state index in [0.29, 0.717) is 17.8 Å². The lowest BCUT2D eigenvalue weighted by molar-refractivity contribution is -0.125. The molecule has 5 nitrogen and oxygen atoms in total. The fraction of sp³-hybridized carbons (Fsp3) is 0.300. The van der Waals surface area contributed by atoms with E-state index in [2.05, 4.69) is 16.0 Å². The molecule has 1 aliphatic rings. The van der Waals surface area contributed by atoms with Gasteiger partial charge in [-0.15, -0.1) is 0 Å². The highest BCUT2D eigenvalue weighted by atomic mass is 19.1. The second-order valence-electron chi connectivity index (χ2n) is 6.42. The number of benzene rings is 2. The molecule has 2 aromatic rings. The number of carbonyl (C=O) groups is 2. The molecule has 0 spiro atoms. The van der Waals surface area contributed by atoms with E-state index in [0.717, 1.165) is 31.5 Å². The molecule has 3 N–H and O–H groups in total. The number of anilines is 1. The Hall–Kier alpha value is -2.73. The molecule has 1 aliphatic heterocycles. The summed E-state index contributed by atoms with van der Waals surface area (Å²) in [5.74, 6) is -0.515. The zero-order valence-corrected chi connectivity index (χ0v) is 14.4. The van der Waals surface area contributed by atoms with Crippen molar-refractivity contribution in [1.29, 1.82) is 0 Å². The summed E-state index contributed by atoms with van der Waals surface area (Å²) in [6.45, 7) is 2.15. The van der Waals surface area contributed by atoms with Crippen molar-refractivity contribution in [3.8, 4) is 0 Å². The molecule has 1 fully saturated rings. The normalized spacial score (nSPS) is 16.7. The molecular formula is C20H22FN3O2. The molecule has 1 unspecified atom stereocenters. The van der Waals surface area contributed by atoms with Crippen molar-refractivity contribution < 1.29 is 14.0 Å². The van der Waals surface area contributed by atoms with Gasteiger partial charge in [-0.2, -0.15) is 0 Å². The topological polar surface area (TPSA) is 70.2 Å². The summed E-state index contributed by atoms with van der Waals surface area (Å²) in [5.41, 5.74) is 1.97. The van der Waals surface area contributed by atoms with Crippen molar-refractivity contribution in [2.45, 2.75) is 19.4 Å². The molecule has 0 aromatic heterocycles. The van der Waals surface area contributed by atoms with Crippen LogP contribution < -0.4 is 16.0 Å². The third-order valence-electron chi connectivity index (χ3n) is 4.45. The van der Waals surface area contributed by atoms with Gasteiger partial charge in [0.25, 0.3) is 5.91 Å². The van der Waals surface area contributed by atoms with Gasteiger partial charge in [-0.05, 0) is 61.3 Å². The summed E-state index contributed by atoms with van der Waals surface area (Å²) in [7, 11) is 0. The molecule has 26 heavy (non-hydrogen) atoms. The van der Waals surface area contributed by atoms with Gasteiger partial charge in [-0.1, -0.05) is 12.1 Å². The molecule has 0 saturated carbocycles. The van der Waals surface area contributed by atoms with Crippen LogP contribution in [0.25, 0.3) is 0 Å². The maximum absolute atomic E-state index is 12.9. The fourth-order valence-electron chi connectivity index (χ4n) is 2.92. The van der Waals surface area contributed by atoms with Gasteiger partial charge in [0.2, 0.25) is 5.91 Å². The second-order valence-corrected chi connectivity index (χ2v) is 6.42. The molecule has 1 atom stereocenters. The van der Waals surface area contributed by atoms with Crippen LogP contribution in [0.4, 0.5) is 10.1 Å². The number of carbonyl (C=O) groups excluding carboxylic acids is 2. The number of halogens is 1. The number of piperidine rings is 1. The van der Waals surface area contributed by atoms with Gasteiger partial charge < -0.3 is 16.0 Å². The predicted molar refractivity (Wildman–Crippen MR) is 98.2 cm³/mol. The zero-order chi connectivity index (χ0) is 18.4. The lowest BCUT2D eigenvalue weighted by atomic mass is 9.99. The van der Waals surface area contributed by atoms with Crippen molar-refractivity contribution >= 4 is 17.5 Å². The molecular weight excluding hydrogens is 333 g/mol. The molecule has 0 bridgehead atoms. The summed E-state index contributed by atoms with van der Waals surface area (Å²) in [5, 5.41) is 8.89.